The van der Waals surface area contributed by atoms with E-state index in [9.17, 15) is 5.26 Å². The Morgan fingerprint density at radius 2 is 1.62 bits per heavy atom. The Balaban J connectivity index is 2.06. The van der Waals surface area contributed by atoms with Crippen LogP contribution < -0.4 is 0 Å². The van der Waals surface area contributed by atoms with Gasteiger partial charge in [0.25, 0.3) is 0 Å². The zero-order valence-corrected chi connectivity index (χ0v) is 21.2. The SMILES string of the molecule is Cc1ccc2ccccc2c1C(C#N)(CCN(C(C)C)C(C)C)CC(C)N1CCCCC1. The van der Waals surface area contributed by atoms with E-state index in [1.165, 1.54) is 54.3 Å². The average molecular weight is 434 g/mol. The Bertz CT molecular complexity index is 912. The molecule has 2 aromatic carbocycles. The van der Waals surface area contributed by atoms with E-state index in [1.807, 2.05) is 0 Å². The summed E-state index contributed by atoms with van der Waals surface area (Å²) in [7, 11) is 0. The van der Waals surface area contributed by atoms with Crippen molar-refractivity contribution in [3.05, 3.63) is 47.5 Å². The largest absolute Gasteiger partial charge is 0.301 e. The Kier molecular flexibility index (Phi) is 8.37. The van der Waals surface area contributed by atoms with Crippen LogP contribution in [-0.4, -0.2) is 47.6 Å². The maximum absolute atomic E-state index is 10.9. The maximum atomic E-state index is 10.9. The van der Waals surface area contributed by atoms with Gasteiger partial charge in [-0.15, -0.1) is 0 Å². The van der Waals surface area contributed by atoms with Gasteiger partial charge in [0.15, 0.2) is 0 Å². The molecular weight excluding hydrogens is 390 g/mol. The van der Waals surface area contributed by atoms with Crippen molar-refractivity contribution in [2.75, 3.05) is 19.6 Å². The molecular formula is C29H43N3. The third-order valence-corrected chi connectivity index (χ3v) is 7.61. The molecule has 0 aliphatic carbocycles. The molecule has 1 saturated heterocycles. The van der Waals surface area contributed by atoms with Crippen LogP contribution in [0.5, 0.6) is 0 Å². The van der Waals surface area contributed by atoms with Crippen molar-refractivity contribution >= 4 is 10.8 Å². The van der Waals surface area contributed by atoms with Crippen LogP contribution in [0.15, 0.2) is 36.4 Å². The second-order valence-corrected chi connectivity index (χ2v) is 10.5. The molecule has 32 heavy (non-hydrogen) atoms. The van der Waals surface area contributed by atoms with Crippen molar-refractivity contribution in [1.82, 2.24) is 9.80 Å². The fourth-order valence-corrected chi connectivity index (χ4v) is 5.93. The number of rotatable bonds is 9. The van der Waals surface area contributed by atoms with Crippen LogP contribution in [0.25, 0.3) is 10.8 Å². The summed E-state index contributed by atoms with van der Waals surface area (Å²) >= 11 is 0. The van der Waals surface area contributed by atoms with Gasteiger partial charge in [-0.05, 0) is 102 Å². The van der Waals surface area contributed by atoms with Gasteiger partial charge in [-0.25, -0.2) is 0 Å². The molecule has 0 amide bonds. The summed E-state index contributed by atoms with van der Waals surface area (Å²) in [5.41, 5.74) is 2.01. The molecule has 1 heterocycles. The molecule has 2 atom stereocenters. The summed E-state index contributed by atoms with van der Waals surface area (Å²) in [5, 5.41) is 13.4. The predicted molar refractivity (Wildman–Crippen MR) is 137 cm³/mol. The van der Waals surface area contributed by atoms with Crippen molar-refractivity contribution in [3.63, 3.8) is 0 Å². The van der Waals surface area contributed by atoms with Crippen molar-refractivity contribution < 1.29 is 0 Å². The first-order valence-electron chi connectivity index (χ1n) is 12.7. The van der Waals surface area contributed by atoms with E-state index in [4.69, 9.17) is 0 Å². The molecule has 2 aromatic rings. The lowest BCUT2D eigenvalue weighted by Crippen LogP contribution is -2.45. The van der Waals surface area contributed by atoms with Gasteiger partial charge in [-0.3, -0.25) is 4.90 Å². The highest BCUT2D eigenvalue weighted by Gasteiger charge is 2.38. The molecule has 3 nitrogen and oxygen atoms in total. The Morgan fingerprint density at radius 3 is 2.25 bits per heavy atom. The van der Waals surface area contributed by atoms with Crippen molar-refractivity contribution in [2.45, 2.75) is 97.2 Å². The molecule has 3 heteroatoms. The molecule has 0 N–H and O–H groups in total. The molecule has 2 unspecified atom stereocenters. The van der Waals surface area contributed by atoms with Crippen LogP contribution in [0, 0.1) is 18.3 Å². The highest BCUT2D eigenvalue weighted by molar-refractivity contribution is 5.88. The fourth-order valence-electron chi connectivity index (χ4n) is 5.93. The van der Waals surface area contributed by atoms with Crippen LogP contribution in [0.4, 0.5) is 0 Å². The third-order valence-electron chi connectivity index (χ3n) is 7.61. The second-order valence-electron chi connectivity index (χ2n) is 10.5. The highest BCUT2D eigenvalue weighted by atomic mass is 15.2. The number of hydrogen-bond donors (Lipinski definition) is 0. The summed E-state index contributed by atoms with van der Waals surface area (Å²) in [6.07, 6.45) is 5.67. The third kappa shape index (κ3) is 5.36. The molecule has 0 bridgehead atoms. The van der Waals surface area contributed by atoms with Gasteiger partial charge in [-0.2, -0.15) is 5.26 Å². The standard InChI is InChI=1S/C29H43N3/c1-22(2)32(23(3)4)19-16-29(21-30,20-25(6)31-17-10-7-11-18-31)28-24(5)14-15-26-12-8-9-13-27(26)28/h8-9,12-15,22-23,25H,7,10-11,16-20H2,1-6H3. The lowest BCUT2D eigenvalue weighted by Gasteiger charge is -2.40. The van der Waals surface area contributed by atoms with Crippen LogP contribution in [-0.2, 0) is 5.41 Å². The molecule has 1 aliphatic heterocycles. The fraction of sp³-hybridized carbons (Fsp3) is 0.621. The van der Waals surface area contributed by atoms with Crippen molar-refractivity contribution in [3.8, 4) is 6.07 Å². The zero-order chi connectivity index (χ0) is 23.3. The molecule has 0 spiro atoms. The van der Waals surface area contributed by atoms with Crippen molar-refractivity contribution in [1.29, 1.82) is 5.26 Å². The van der Waals surface area contributed by atoms with Gasteiger partial charge >= 0.3 is 0 Å². The van der Waals surface area contributed by atoms with E-state index >= 15 is 0 Å². The van der Waals surface area contributed by atoms with Gasteiger partial charge in [0.05, 0.1) is 11.5 Å². The van der Waals surface area contributed by atoms with Crippen molar-refractivity contribution in [2.24, 2.45) is 0 Å². The average Bonchev–Trinajstić information content (AvgIpc) is 2.78. The van der Waals surface area contributed by atoms with Gasteiger partial charge in [0.2, 0.25) is 0 Å². The molecule has 0 aromatic heterocycles. The number of fused-ring (bicyclic) bond motifs is 1. The molecule has 0 radical (unpaired) electrons. The van der Waals surface area contributed by atoms with E-state index in [0.29, 0.717) is 18.1 Å². The summed E-state index contributed by atoms with van der Waals surface area (Å²) in [5.74, 6) is 0. The van der Waals surface area contributed by atoms with Gasteiger partial charge in [-0.1, -0.05) is 42.8 Å². The number of likely N-dealkylation sites (tertiary alicyclic amines) is 1. The lowest BCUT2D eigenvalue weighted by molar-refractivity contribution is 0.133. The van der Waals surface area contributed by atoms with E-state index in [1.54, 1.807) is 0 Å². The number of nitriles is 1. The first-order valence-corrected chi connectivity index (χ1v) is 12.7. The number of aryl methyl sites for hydroxylation is 1. The summed E-state index contributed by atoms with van der Waals surface area (Å²) in [4.78, 5) is 5.16. The van der Waals surface area contributed by atoms with Gasteiger partial charge in [0, 0.05) is 24.7 Å². The normalized spacial score (nSPS) is 18.2. The van der Waals surface area contributed by atoms with E-state index in [0.717, 1.165) is 19.4 Å². The Labute approximate surface area is 196 Å². The van der Waals surface area contributed by atoms with E-state index < -0.39 is 5.41 Å². The number of hydrogen-bond acceptors (Lipinski definition) is 3. The molecule has 1 aliphatic rings. The summed E-state index contributed by atoms with van der Waals surface area (Å²) in [6, 6.07) is 17.3. The number of nitrogens with zero attached hydrogens (tertiary/aromatic N) is 3. The summed E-state index contributed by atoms with van der Waals surface area (Å²) < 4.78 is 0. The first-order chi connectivity index (χ1) is 15.3. The molecule has 1 fully saturated rings. The van der Waals surface area contributed by atoms with Crippen LogP contribution >= 0.6 is 0 Å². The van der Waals surface area contributed by atoms with Gasteiger partial charge < -0.3 is 4.90 Å². The highest BCUT2D eigenvalue weighted by Crippen LogP contribution is 2.40. The minimum atomic E-state index is -0.496. The van der Waals surface area contributed by atoms with Crippen LogP contribution in [0.3, 0.4) is 0 Å². The Morgan fingerprint density at radius 1 is 0.969 bits per heavy atom. The molecule has 0 saturated carbocycles. The van der Waals surface area contributed by atoms with E-state index in [-0.39, 0.29) is 0 Å². The molecule has 174 valence electrons. The topological polar surface area (TPSA) is 30.3 Å². The second kappa shape index (κ2) is 10.8. The van der Waals surface area contributed by atoms with Gasteiger partial charge in [0.1, 0.15) is 0 Å². The zero-order valence-electron chi connectivity index (χ0n) is 21.2. The monoisotopic (exact) mass is 433 g/mol. The smallest absolute Gasteiger partial charge is 0.0857 e. The first kappa shape index (κ1) is 24.7. The van der Waals surface area contributed by atoms with Crippen LogP contribution in [0.1, 0.15) is 77.8 Å². The minimum Gasteiger partial charge on any atom is -0.301 e. The molecule has 3 rings (SSSR count). The van der Waals surface area contributed by atoms with E-state index in [2.05, 4.69) is 93.8 Å². The number of benzene rings is 2. The maximum Gasteiger partial charge on any atom is 0.0857 e. The quantitative estimate of drug-likeness (QED) is 0.442. The number of piperidine rings is 1. The predicted octanol–water partition coefficient (Wildman–Crippen LogP) is 6.68. The Hall–Kier alpha value is -1.89. The summed E-state index contributed by atoms with van der Waals surface area (Å²) in [6.45, 7) is 16.9. The lowest BCUT2D eigenvalue weighted by atomic mass is 9.70. The minimum absolute atomic E-state index is 0.403. The van der Waals surface area contributed by atoms with Crippen LogP contribution in [0.2, 0.25) is 0 Å².